The number of anilines is 1. The van der Waals surface area contributed by atoms with Crippen molar-refractivity contribution in [3.8, 4) is 22.8 Å². The highest BCUT2D eigenvalue weighted by atomic mass is 35.5. The van der Waals surface area contributed by atoms with E-state index in [2.05, 4.69) is 15.5 Å². The highest BCUT2D eigenvalue weighted by Crippen LogP contribution is 2.35. The molecule has 11 heteroatoms. The van der Waals surface area contributed by atoms with Gasteiger partial charge in [-0.2, -0.15) is 13.2 Å². The van der Waals surface area contributed by atoms with Gasteiger partial charge in [0.2, 0.25) is 5.91 Å². The van der Waals surface area contributed by atoms with Crippen molar-refractivity contribution < 1.29 is 22.7 Å². The van der Waals surface area contributed by atoms with Gasteiger partial charge in [0.1, 0.15) is 5.75 Å². The number of benzene rings is 3. The SMILES string of the molecule is CCOc1ccc(-n2c(SCC(=O)Nc3ccccc3C(F)(F)F)nnc2-c2ccc(Cl)cc2)cc1. The molecule has 0 bridgehead atoms. The van der Waals surface area contributed by atoms with Gasteiger partial charge in [0, 0.05) is 16.3 Å². The summed E-state index contributed by atoms with van der Waals surface area (Å²) in [6.45, 7) is 2.41. The maximum absolute atomic E-state index is 13.3. The number of para-hydroxylation sites is 1. The number of carbonyl (C=O) groups is 1. The van der Waals surface area contributed by atoms with Crippen LogP contribution in [0.3, 0.4) is 0 Å². The van der Waals surface area contributed by atoms with Gasteiger partial charge in [0.25, 0.3) is 0 Å². The third-order valence-electron chi connectivity index (χ3n) is 4.98. The second-order valence-corrected chi connectivity index (χ2v) is 8.83. The molecule has 1 heterocycles. The predicted octanol–water partition coefficient (Wildman–Crippen LogP) is 6.74. The Kier molecular flexibility index (Phi) is 7.85. The minimum atomic E-state index is -4.58. The molecule has 0 spiro atoms. The lowest BCUT2D eigenvalue weighted by Gasteiger charge is -2.14. The van der Waals surface area contributed by atoms with Crippen LogP contribution in [0.25, 0.3) is 17.1 Å². The minimum Gasteiger partial charge on any atom is -0.494 e. The second kappa shape index (κ2) is 11.0. The lowest BCUT2D eigenvalue weighted by Crippen LogP contribution is -2.18. The van der Waals surface area contributed by atoms with E-state index in [9.17, 15) is 18.0 Å². The predicted molar refractivity (Wildman–Crippen MR) is 134 cm³/mol. The number of nitrogens with one attached hydrogen (secondary N) is 1. The number of halogens is 4. The number of amides is 1. The smallest absolute Gasteiger partial charge is 0.418 e. The summed E-state index contributed by atoms with van der Waals surface area (Å²) in [5.41, 5.74) is 0.256. The molecule has 3 aromatic carbocycles. The summed E-state index contributed by atoms with van der Waals surface area (Å²) in [6.07, 6.45) is -4.58. The van der Waals surface area contributed by atoms with E-state index in [1.54, 1.807) is 41.0 Å². The van der Waals surface area contributed by atoms with E-state index in [-0.39, 0.29) is 11.4 Å². The topological polar surface area (TPSA) is 69.0 Å². The molecule has 4 rings (SSSR count). The Morgan fingerprint density at radius 2 is 1.72 bits per heavy atom. The molecule has 0 saturated carbocycles. The first kappa shape index (κ1) is 25.6. The molecule has 0 aliphatic rings. The Balaban J connectivity index is 1.60. The zero-order chi connectivity index (χ0) is 25.7. The zero-order valence-corrected chi connectivity index (χ0v) is 20.5. The minimum absolute atomic E-state index is 0.179. The molecular weight excluding hydrogens is 513 g/mol. The summed E-state index contributed by atoms with van der Waals surface area (Å²) in [6, 6.07) is 19.2. The normalized spacial score (nSPS) is 11.4. The molecule has 186 valence electrons. The van der Waals surface area contributed by atoms with Crippen LogP contribution in [-0.2, 0) is 11.0 Å². The Hall–Kier alpha value is -3.50. The molecule has 0 aliphatic heterocycles. The molecule has 1 N–H and O–H groups in total. The summed E-state index contributed by atoms with van der Waals surface area (Å²) < 4.78 is 47.1. The van der Waals surface area contributed by atoms with Gasteiger partial charge in [-0.25, -0.2) is 0 Å². The van der Waals surface area contributed by atoms with E-state index in [1.165, 1.54) is 18.2 Å². The van der Waals surface area contributed by atoms with E-state index in [0.717, 1.165) is 29.1 Å². The Morgan fingerprint density at radius 1 is 1.03 bits per heavy atom. The number of nitrogens with zero attached hydrogens (tertiary/aromatic N) is 3. The first-order valence-electron chi connectivity index (χ1n) is 10.8. The molecule has 0 fully saturated rings. The zero-order valence-electron chi connectivity index (χ0n) is 18.9. The number of hydrogen-bond acceptors (Lipinski definition) is 5. The highest BCUT2D eigenvalue weighted by molar-refractivity contribution is 7.99. The van der Waals surface area contributed by atoms with Crippen LogP contribution in [0.15, 0.2) is 78.0 Å². The third-order valence-corrected chi connectivity index (χ3v) is 6.16. The van der Waals surface area contributed by atoms with Crippen LogP contribution in [0.4, 0.5) is 18.9 Å². The van der Waals surface area contributed by atoms with Crippen molar-refractivity contribution in [2.45, 2.75) is 18.3 Å². The molecule has 1 amide bonds. The molecule has 4 aromatic rings. The van der Waals surface area contributed by atoms with Crippen LogP contribution in [0, 0.1) is 0 Å². The molecular formula is C25H20ClF3N4O2S. The Bertz CT molecular complexity index is 1340. The van der Waals surface area contributed by atoms with E-state index in [0.29, 0.717) is 28.4 Å². The van der Waals surface area contributed by atoms with Crippen molar-refractivity contribution in [3.63, 3.8) is 0 Å². The average molecular weight is 533 g/mol. The molecule has 0 unspecified atom stereocenters. The van der Waals surface area contributed by atoms with E-state index < -0.39 is 17.6 Å². The van der Waals surface area contributed by atoms with Gasteiger partial charge in [-0.1, -0.05) is 35.5 Å². The Labute approximate surface area is 214 Å². The van der Waals surface area contributed by atoms with Gasteiger partial charge in [0.05, 0.1) is 23.6 Å². The molecule has 0 radical (unpaired) electrons. The highest BCUT2D eigenvalue weighted by Gasteiger charge is 2.33. The molecule has 0 atom stereocenters. The fourth-order valence-electron chi connectivity index (χ4n) is 3.40. The molecule has 0 saturated heterocycles. The van der Waals surface area contributed by atoms with Crippen molar-refractivity contribution in [2.75, 3.05) is 17.7 Å². The van der Waals surface area contributed by atoms with Crippen molar-refractivity contribution in [1.82, 2.24) is 14.8 Å². The largest absolute Gasteiger partial charge is 0.494 e. The first-order valence-corrected chi connectivity index (χ1v) is 12.2. The lowest BCUT2D eigenvalue weighted by molar-refractivity contribution is -0.137. The van der Waals surface area contributed by atoms with Gasteiger partial charge >= 0.3 is 6.18 Å². The van der Waals surface area contributed by atoms with Gasteiger partial charge in [-0.3, -0.25) is 9.36 Å². The molecule has 0 aliphatic carbocycles. The third kappa shape index (κ3) is 6.00. The number of carbonyl (C=O) groups excluding carboxylic acids is 1. The van der Waals surface area contributed by atoms with Gasteiger partial charge in [-0.15, -0.1) is 10.2 Å². The van der Waals surface area contributed by atoms with Crippen molar-refractivity contribution >= 4 is 35.0 Å². The van der Waals surface area contributed by atoms with E-state index in [4.69, 9.17) is 16.3 Å². The lowest BCUT2D eigenvalue weighted by atomic mass is 10.1. The maximum Gasteiger partial charge on any atom is 0.418 e. The number of thioether (sulfide) groups is 1. The van der Waals surface area contributed by atoms with Crippen LogP contribution in [-0.4, -0.2) is 33.0 Å². The van der Waals surface area contributed by atoms with Crippen LogP contribution >= 0.6 is 23.4 Å². The van der Waals surface area contributed by atoms with Crippen molar-refractivity contribution in [1.29, 1.82) is 0 Å². The summed E-state index contributed by atoms with van der Waals surface area (Å²) in [5, 5.41) is 11.8. The average Bonchev–Trinajstić information content (AvgIpc) is 3.27. The van der Waals surface area contributed by atoms with Crippen LogP contribution < -0.4 is 10.1 Å². The van der Waals surface area contributed by atoms with E-state index >= 15 is 0 Å². The van der Waals surface area contributed by atoms with E-state index in [1.807, 2.05) is 19.1 Å². The molecule has 1 aromatic heterocycles. The quantitative estimate of drug-likeness (QED) is 0.255. The summed E-state index contributed by atoms with van der Waals surface area (Å²) in [5.74, 6) is 0.425. The van der Waals surface area contributed by atoms with Crippen LogP contribution in [0.5, 0.6) is 5.75 Å². The monoisotopic (exact) mass is 532 g/mol. The summed E-state index contributed by atoms with van der Waals surface area (Å²) in [4.78, 5) is 12.6. The number of alkyl halides is 3. The number of hydrogen-bond donors (Lipinski definition) is 1. The van der Waals surface area contributed by atoms with Crippen LogP contribution in [0.1, 0.15) is 12.5 Å². The maximum atomic E-state index is 13.3. The number of aromatic nitrogens is 3. The summed E-state index contributed by atoms with van der Waals surface area (Å²) >= 11 is 7.08. The fraction of sp³-hybridized carbons (Fsp3) is 0.160. The number of ether oxygens (including phenoxy) is 1. The summed E-state index contributed by atoms with van der Waals surface area (Å²) in [7, 11) is 0. The molecule has 36 heavy (non-hydrogen) atoms. The van der Waals surface area contributed by atoms with Gasteiger partial charge in [-0.05, 0) is 67.6 Å². The molecule has 6 nitrogen and oxygen atoms in total. The first-order chi connectivity index (χ1) is 17.3. The van der Waals surface area contributed by atoms with Crippen molar-refractivity contribution in [2.24, 2.45) is 0 Å². The second-order valence-electron chi connectivity index (χ2n) is 7.46. The standard InChI is InChI=1S/C25H20ClF3N4O2S/c1-2-35-19-13-11-18(12-14-19)33-23(16-7-9-17(26)10-8-16)31-32-24(33)36-15-22(34)30-21-6-4-3-5-20(21)25(27,28)29/h3-14H,2,15H2,1H3,(H,30,34). The fourth-order valence-corrected chi connectivity index (χ4v) is 4.27. The number of rotatable bonds is 8. The van der Waals surface area contributed by atoms with Gasteiger partial charge in [0.15, 0.2) is 11.0 Å². The van der Waals surface area contributed by atoms with Crippen molar-refractivity contribution in [3.05, 3.63) is 83.4 Å². The van der Waals surface area contributed by atoms with Gasteiger partial charge < -0.3 is 10.1 Å². The van der Waals surface area contributed by atoms with Crippen LogP contribution in [0.2, 0.25) is 5.02 Å². The Morgan fingerprint density at radius 3 is 2.39 bits per heavy atom.